The summed E-state index contributed by atoms with van der Waals surface area (Å²) in [4.78, 5) is 71.1. The van der Waals surface area contributed by atoms with Gasteiger partial charge in [0.15, 0.2) is 36.0 Å². The third-order valence-corrected chi connectivity index (χ3v) is 10.3. The van der Waals surface area contributed by atoms with E-state index in [1.165, 1.54) is 21.3 Å². The van der Waals surface area contributed by atoms with Gasteiger partial charge in [-0.25, -0.2) is 0 Å². The Morgan fingerprint density at radius 1 is 0.621 bits per heavy atom. The Bertz CT molecular complexity index is 1590. The Balaban J connectivity index is 3.20. The second-order valence-electron chi connectivity index (χ2n) is 19.0. The van der Waals surface area contributed by atoms with Gasteiger partial charge in [0.2, 0.25) is 0 Å². The molecule has 0 spiro atoms. The summed E-state index contributed by atoms with van der Waals surface area (Å²) in [5.74, 6) is -2.22. The van der Waals surface area contributed by atoms with Gasteiger partial charge in [0.1, 0.15) is 12.7 Å². The van der Waals surface area contributed by atoms with Gasteiger partial charge in [0.25, 0.3) is 0 Å². The lowest BCUT2D eigenvalue weighted by Gasteiger charge is -2.53. The number of likely N-dealkylation sites (N-methyl/N-ethyl adjacent to an activating group) is 1. The van der Waals surface area contributed by atoms with Gasteiger partial charge in [-0.1, -0.05) is 26.8 Å². The van der Waals surface area contributed by atoms with Gasteiger partial charge in [-0.3, -0.25) is 28.9 Å². The van der Waals surface area contributed by atoms with Crippen molar-refractivity contribution < 1.29 is 61.9 Å². The lowest BCUT2D eigenvalue weighted by Crippen LogP contribution is -2.68. The van der Waals surface area contributed by atoms with E-state index in [4.69, 9.17) is 37.9 Å². The van der Waals surface area contributed by atoms with Crippen molar-refractivity contribution in [1.29, 1.82) is 0 Å². The summed E-state index contributed by atoms with van der Waals surface area (Å²) in [6.07, 6.45) is -6.36. The average Bonchev–Trinajstić information content (AvgIpc) is 3.13. The molecule has 14 nitrogen and oxygen atoms in total. The van der Waals surface area contributed by atoms with Crippen LogP contribution < -0.4 is 9.47 Å². The van der Waals surface area contributed by atoms with E-state index < -0.39 is 100 Å². The smallest absolute Gasteiger partial charge is 0.313 e. The molecule has 1 aliphatic rings. The molecule has 2 rings (SSSR count). The van der Waals surface area contributed by atoms with Gasteiger partial charge >= 0.3 is 29.8 Å². The van der Waals surface area contributed by atoms with Crippen molar-refractivity contribution in [2.75, 3.05) is 34.5 Å². The van der Waals surface area contributed by atoms with E-state index in [1.807, 2.05) is 31.7 Å². The number of methoxy groups -OCH3 is 3. The van der Waals surface area contributed by atoms with Crippen LogP contribution in [0.1, 0.15) is 128 Å². The second-order valence-corrected chi connectivity index (χ2v) is 19.0. The lowest BCUT2D eigenvalue weighted by atomic mass is 9.71. The maximum Gasteiger partial charge on any atom is 0.313 e. The highest BCUT2D eigenvalue weighted by Crippen LogP contribution is 2.49. The van der Waals surface area contributed by atoms with Crippen LogP contribution in [0.15, 0.2) is 18.2 Å². The van der Waals surface area contributed by atoms with E-state index in [1.54, 1.807) is 95.2 Å². The van der Waals surface area contributed by atoms with E-state index in [2.05, 4.69) is 0 Å². The van der Waals surface area contributed by atoms with Gasteiger partial charge in [-0.2, -0.15) is 0 Å². The number of rotatable bonds is 15. The van der Waals surface area contributed by atoms with Gasteiger partial charge in [0.05, 0.1) is 54.4 Å². The molecule has 0 bridgehead atoms. The molecular formula is C44H71NO13. The van der Waals surface area contributed by atoms with Crippen LogP contribution in [-0.2, 0) is 52.4 Å². The van der Waals surface area contributed by atoms with Crippen LogP contribution in [0.2, 0.25) is 0 Å². The molecule has 1 aromatic rings. The predicted molar refractivity (Wildman–Crippen MR) is 217 cm³/mol. The van der Waals surface area contributed by atoms with Crippen LogP contribution in [-0.4, -0.2) is 99.9 Å². The first-order valence-electron chi connectivity index (χ1n) is 20.1. The minimum Gasteiger partial charge on any atom is -0.493 e. The number of hydrogen-bond acceptors (Lipinski definition) is 14. The number of hydrogen-bond donors (Lipinski definition) is 0. The van der Waals surface area contributed by atoms with Crippen LogP contribution in [0.3, 0.4) is 0 Å². The Kier molecular flexibility index (Phi) is 16.8. The zero-order chi connectivity index (χ0) is 44.8. The van der Waals surface area contributed by atoms with Crippen molar-refractivity contribution in [2.45, 2.75) is 153 Å². The van der Waals surface area contributed by atoms with Crippen LogP contribution >= 0.6 is 0 Å². The molecule has 0 amide bonds. The summed E-state index contributed by atoms with van der Waals surface area (Å²) in [7, 11) is 4.35. The highest BCUT2D eigenvalue weighted by Gasteiger charge is 2.59. The molecule has 0 aliphatic carbocycles. The number of carbonyl (C=O) groups is 5. The van der Waals surface area contributed by atoms with Crippen LogP contribution in [0.4, 0.5) is 0 Å². The fourth-order valence-electron chi connectivity index (χ4n) is 6.57. The molecule has 330 valence electrons. The van der Waals surface area contributed by atoms with E-state index in [0.29, 0.717) is 29.9 Å². The Labute approximate surface area is 346 Å². The van der Waals surface area contributed by atoms with E-state index >= 15 is 0 Å². The van der Waals surface area contributed by atoms with Gasteiger partial charge < -0.3 is 37.9 Å². The first kappa shape index (κ1) is 50.2. The van der Waals surface area contributed by atoms with Crippen molar-refractivity contribution >= 4 is 29.8 Å². The summed E-state index contributed by atoms with van der Waals surface area (Å²) >= 11 is 0. The lowest BCUT2D eigenvalue weighted by molar-refractivity contribution is -0.291. The minimum absolute atomic E-state index is 0.173. The van der Waals surface area contributed by atoms with Crippen molar-refractivity contribution in [1.82, 2.24) is 4.90 Å². The maximum atomic E-state index is 14.2. The Hall–Kier alpha value is -3.91. The molecule has 0 N–H and O–H groups in total. The van der Waals surface area contributed by atoms with Gasteiger partial charge in [-0.05, 0) is 120 Å². The normalized spacial score (nSPS) is 21.1. The van der Waals surface area contributed by atoms with Crippen molar-refractivity contribution in [2.24, 2.45) is 27.1 Å². The topological polar surface area (TPSA) is 162 Å². The maximum absolute atomic E-state index is 14.2. The number of esters is 5. The van der Waals surface area contributed by atoms with Crippen LogP contribution in [0.25, 0.3) is 0 Å². The molecule has 0 unspecified atom stereocenters. The monoisotopic (exact) mass is 821 g/mol. The highest BCUT2D eigenvalue weighted by molar-refractivity contribution is 5.79. The van der Waals surface area contributed by atoms with Crippen molar-refractivity contribution in [3.05, 3.63) is 23.8 Å². The highest BCUT2D eigenvalue weighted by atomic mass is 16.7. The third kappa shape index (κ3) is 11.6. The molecule has 1 heterocycles. The quantitative estimate of drug-likeness (QED) is 0.129. The number of ether oxygens (including phenoxy) is 8. The molecule has 1 aliphatic heterocycles. The zero-order valence-corrected chi connectivity index (χ0v) is 38.3. The molecule has 1 aromatic carbocycles. The second kappa shape index (κ2) is 19.4. The molecule has 0 aromatic heterocycles. The first-order valence-corrected chi connectivity index (χ1v) is 20.1. The molecular weight excluding hydrogens is 750 g/mol. The van der Waals surface area contributed by atoms with E-state index in [0.717, 1.165) is 0 Å². The van der Waals surface area contributed by atoms with Gasteiger partial charge in [0, 0.05) is 0 Å². The summed E-state index contributed by atoms with van der Waals surface area (Å²) < 4.78 is 48.5. The molecule has 0 radical (unpaired) electrons. The number of carbonyl (C=O) groups excluding carboxylic acids is 5. The summed E-state index contributed by atoms with van der Waals surface area (Å²) in [5.41, 5.74) is -4.69. The fraction of sp³-hybridized carbons (Fsp3) is 0.750. The third-order valence-electron chi connectivity index (χ3n) is 10.3. The van der Waals surface area contributed by atoms with Crippen molar-refractivity contribution in [3.63, 3.8) is 0 Å². The van der Waals surface area contributed by atoms with Crippen LogP contribution in [0.5, 0.6) is 11.5 Å². The van der Waals surface area contributed by atoms with Gasteiger partial charge in [-0.15, -0.1) is 0 Å². The fourth-order valence-corrected chi connectivity index (χ4v) is 6.57. The molecule has 1 saturated heterocycles. The molecule has 6 atom stereocenters. The zero-order valence-electron chi connectivity index (χ0n) is 38.3. The first-order chi connectivity index (χ1) is 26.6. The summed E-state index contributed by atoms with van der Waals surface area (Å²) in [6, 6.07) is 4.43. The Morgan fingerprint density at radius 2 is 1.07 bits per heavy atom. The van der Waals surface area contributed by atoms with E-state index in [-0.39, 0.29) is 6.54 Å². The van der Waals surface area contributed by atoms with E-state index in [9.17, 15) is 24.0 Å². The average molecular weight is 822 g/mol. The molecule has 58 heavy (non-hydrogen) atoms. The minimum atomic E-state index is -1.49. The molecule has 0 saturated carbocycles. The SMILES string of the molecule is CCN([C@@H]1O[C@H](COC(=O)C(C)(C)C)[C@H](OC(=O)C(C)(C)C)[C@H](OC(=O)C(C)(C)C)[C@H]1OC(=O)C(C)(C)C)[C@H](c1ccc(OC)c(OC)c1)C(CC)(CC)C(=O)OC. The standard InChI is InChI=1S/C44H71NO13/c1-19-44(20-2,39(50)53-18)33(26-22-23-27(51-16)28(24-26)52-17)45(21-3)34-32(58-38(49)43(13,14)15)31(57-37(48)42(10,11)12)30(56-36(47)41(7,8)9)29(55-34)25-54-35(46)40(4,5)6/h22-24,29-34H,19-21,25H2,1-18H3/t29-,30+,31+,32-,33-,34-/m1/s1. The number of nitrogens with zero attached hydrogens (tertiary/aromatic N) is 1. The number of benzene rings is 1. The van der Waals surface area contributed by atoms with Crippen LogP contribution in [0, 0.1) is 27.1 Å². The Morgan fingerprint density at radius 3 is 1.47 bits per heavy atom. The summed E-state index contributed by atoms with van der Waals surface area (Å²) in [6.45, 7) is 25.5. The largest absolute Gasteiger partial charge is 0.493 e. The predicted octanol–water partition coefficient (Wildman–Crippen LogP) is 7.23. The van der Waals surface area contributed by atoms with Crippen molar-refractivity contribution in [3.8, 4) is 11.5 Å². The molecule has 1 fully saturated rings. The molecule has 14 heteroatoms. The summed E-state index contributed by atoms with van der Waals surface area (Å²) in [5, 5.41) is 0.